The number of benzene rings is 2. The Balaban J connectivity index is 1.55. The first-order valence-corrected chi connectivity index (χ1v) is 8.45. The van der Waals surface area contributed by atoms with Gasteiger partial charge in [0.15, 0.2) is 0 Å². The summed E-state index contributed by atoms with van der Waals surface area (Å²) in [5.41, 5.74) is 2.95. The molecule has 4 rings (SSSR count). The number of allylic oxidation sites excluding steroid dienone is 1. The van der Waals surface area contributed by atoms with Crippen LogP contribution in [-0.4, -0.2) is 12.6 Å². The normalized spacial score (nSPS) is 19.1. The lowest BCUT2D eigenvalue weighted by molar-refractivity contribution is -0.274. The van der Waals surface area contributed by atoms with E-state index in [0.717, 1.165) is 28.3 Å². The molecule has 128 valence electrons. The largest absolute Gasteiger partial charge is 0.573 e. The molecular weight excluding hydrogens is 349 g/mol. The van der Waals surface area contributed by atoms with Crippen molar-refractivity contribution in [3.05, 3.63) is 64.7 Å². The van der Waals surface area contributed by atoms with Gasteiger partial charge in [0.2, 0.25) is 0 Å². The molecule has 2 aromatic carbocycles. The highest BCUT2D eigenvalue weighted by atomic mass is 32.2. The van der Waals surface area contributed by atoms with Crippen LogP contribution in [0.15, 0.2) is 69.0 Å². The van der Waals surface area contributed by atoms with Gasteiger partial charge in [0, 0.05) is 28.1 Å². The van der Waals surface area contributed by atoms with Crippen LogP contribution in [0.2, 0.25) is 0 Å². The highest BCUT2D eigenvalue weighted by Crippen LogP contribution is 2.45. The second-order valence-electron chi connectivity index (χ2n) is 5.68. The summed E-state index contributed by atoms with van der Waals surface area (Å²) in [4.78, 5) is 6.19. The number of anilines is 1. The minimum Gasteiger partial charge on any atom is -0.406 e. The Hall–Kier alpha value is -2.41. The van der Waals surface area contributed by atoms with Gasteiger partial charge in [-0.1, -0.05) is 42.1 Å². The van der Waals surface area contributed by atoms with E-state index in [0.29, 0.717) is 4.90 Å². The Morgan fingerprint density at radius 2 is 1.92 bits per heavy atom. The van der Waals surface area contributed by atoms with Crippen molar-refractivity contribution in [3.8, 4) is 5.75 Å². The van der Waals surface area contributed by atoms with Gasteiger partial charge in [-0.15, -0.1) is 13.2 Å². The molecule has 1 atom stereocenters. The van der Waals surface area contributed by atoms with E-state index in [2.05, 4.69) is 15.0 Å². The van der Waals surface area contributed by atoms with Gasteiger partial charge in [-0.2, -0.15) is 0 Å². The molecular formula is C18H13F3N2OS. The minimum absolute atomic E-state index is 0.0439. The maximum Gasteiger partial charge on any atom is 0.573 e. The van der Waals surface area contributed by atoms with Crippen LogP contribution in [0.25, 0.3) is 0 Å². The first-order chi connectivity index (χ1) is 12.0. The first kappa shape index (κ1) is 16.1. The standard InChI is InChI=1S/C18H13F3N2OS/c19-18(20,21)24-12-6-7-13-16(8-12)25-17-10-22-14(9-15(17)23-13)11-4-2-1-3-5-11/h1-8,10,14,23H,9H2. The van der Waals surface area contributed by atoms with Gasteiger partial charge in [0.1, 0.15) is 5.75 Å². The minimum atomic E-state index is -4.69. The van der Waals surface area contributed by atoms with E-state index in [1.54, 1.807) is 12.3 Å². The maximum absolute atomic E-state index is 12.4. The Morgan fingerprint density at radius 3 is 2.68 bits per heavy atom. The molecule has 0 amide bonds. The van der Waals surface area contributed by atoms with Crippen LogP contribution in [0.4, 0.5) is 18.9 Å². The number of thioether (sulfide) groups is 1. The Morgan fingerprint density at radius 1 is 1.12 bits per heavy atom. The van der Waals surface area contributed by atoms with E-state index in [1.807, 2.05) is 30.3 Å². The number of dihydropyridines is 1. The van der Waals surface area contributed by atoms with Crippen molar-refractivity contribution in [2.24, 2.45) is 4.99 Å². The topological polar surface area (TPSA) is 33.6 Å². The zero-order valence-corrected chi connectivity index (χ0v) is 13.7. The summed E-state index contributed by atoms with van der Waals surface area (Å²) in [6, 6.07) is 14.4. The molecule has 2 aliphatic rings. The molecule has 7 heteroatoms. The molecule has 1 N–H and O–H groups in total. The highest BCUT2D eigenvalue weighted by Gasteiger charge is 2.32. The summed E-state index contributed by atoms with van der Waals surface area (Å²) in [7, 11) is 0. The summed E-state index contributed by atoms with van der Waals surface area (Å²) in [6.45, 7) is 0. The van der Waals surface area contributed by atoms with Crippen molar-refractivity contribution in [1.82, 2.24) is 0 Å². The second-order valence-corrected chi connectivity index (χ2v) is 6.77. The van der Waals surface area contributed by atoms with E-state index in [4.69, 9.17) is 0 Å². The Bertz CT molecular complexity index is 862. The van der Waals surface area contributed by atoms with E-state index < -0.39 is 6.36 Å². The highest BCUT2D eigenvalue weighted by molar-refractivity contribution is 8.04. The molecule has 0 saturated carbocycles. The number of ether oxygens (including phenoxy) is 1. The summed E-state index contributed by atoms with van der Waals surface area (Å²) < 4.78 is 41.1. The molecule has 3 nitrogen and oxygen atoms in total. The van der Waals surface area contributed by atoms with Crippen molar-refractivity contribution in [2.45, 2.75) is 23.7 Å². The average Bonchev–Trinajstić information content (AvgIpc) is 2.59. The Kier molecular flexibility index (Phi) is 3.95. The first-order valence-electron chi connectivity index (χ1n) is 7.64. The van der Waals surface area contributed by atoms with Gasteiger partial charge in [-0.25, -0.2) is 0 Å². The summed E-state index contributed by atoms with van der Waals surface area (Å²) >= 11 is 1.40. The van der Waals surface area contributed by atoms with Crippen molar-refractivity contribution < 1.29 is 17.9 Å². The number of fused-ring (bicyclic) bond motifs is 1. The number of nitrogens with zero attached hydrogens (tertiary/aromatic N) is 1. The van der Waals surface area contributed by atoms with Gasteiger partial charge >= 0.3 is 6.36 Å². The summed E-state index contributed by atoms with van der Waals surface area (Å²) in [6.07, 6.45) is -2.18. The molecule has 2 aromatic rings. The lowest BCUT2D eigenvalue weighted by Crippen LogP contribution is -2.18. The van der Waals surface area contributed by atoms with Gasteiger partial charge < -0.3 is 10.1 Å². The molecule has 0 bridgehead atoms. The molecule has 0 radical (unpaired) electrons. The van der Waals surface area contributed by atoms with E-state index in [-0.39, 0.29) is 11.8 Å². The average molecular weight is 362 g/mol. The molecule has 0 saturated heterocycles. The third kappa shape index (κ3) is 3.51. The molecule has 0 spiro atoms. The van der Waals surface area contributed by atoms with E-state index in [1.165, 1.54) is 23.9 Å². The molecule has 25 heavy (non-hydrogen) atoms. The molecule has 0 aliphatic carbocycles. The zero-order valence-electron chi connectivity index (χ0n) is 12.9. The fourth-order valence-electron chi connectivity index (χ4n) is 2.83. The molecule has 0 aromatic heterocycles. The number of alkyl halides is 3. The lowest BCUT2D eigenvalue weighted by Gasteiger charge is -2.28. The summed E-state index contributed by atoms with van der Waals surface area (Å²) in [5, 5.41) is 3.32. The third-order valence-electron chi connectivity index (χ3n) is 3.94. The maximum atomic E-state index is 12.4. The monoisotopic (exact) mass is 362 g/mol. The van der Waals surface area contributed by atoms with Crippen LogP contribution in [0.1, 0.15) is 18.0 Å². The second kappa shape index (κ2) is 6.15. The van der Waals surface area contributed by atoms with Crippen LogP contribution >= 0.6 is 11.8 Å². The van der Waals surface area contributed by atoms with Gasteiger partial charge in [0.25, 0.3) is 0 Å². The van der Waals surface area contributed by atoms with Crippen molar-refractivity contribution in [3.63, 3.8) is 0 Å². The number of hydrogen-bond donors (Lipinski definition) is 1. The molecule has 2 aliphatic heterocycles. The molecule has 1 unspecified atom stereocenters. The van der Waals surface area contributed by atoms with Gasteiger partial charge in [0.05, 0.1) is 11.7 Å². The smallest absolute Gasteiger partial charge is 0.406 e. The van der Waals surface area contributed by atoms with Gasteiger partial charge in [-0.05, 0) is 23.8 Å². The van der Waals surface area contributed by atoms with Crippen LogP contribution < -0.4 is 10.1 Å². The molecule has 0 fully saturated rings. The van der Waals surface area contributed by atoms with Crippen LogP contribution in [0, 0.1) is 0 Å². The molecule has 2 heterocycles. The SMILES string of the molecule is FC(F)(F)Oc1ccc2c(c1)SC1=C(CC(c3ccccc3)N=C1)N2. The predicted octanol–water partition coefficient (Wildman–Crippen LogP) is 5.53. The van der Waals surface area contributed by atoms with Crippen LogP contribution in [0.5, 0.6) is 5.75 Å². The quantitative estimate of drug-likeness (QED) is 0.763. The van der Waals surface area contributed by atoms with Crippen LogP contribution in [-0.2, 0) is 0 Å². The number of hydrogen-bond acceptors (Lipinski definition) is 4. The fourth-order valence-corrected chi connectivity index (χ4v) is 3.84. The van der Waals surface area contributed by atoms with E-state index in [9.17, 15) is 13.2 Å². The number of rotatable bonds is 2. The number of nitrogens with one attached hydrogen (secondary N) is 1. The predicted molar refractivity (Wildman–Crippen MR) is 91.9 cm³/mol. The fraction of sp³-hybridized carbons (Fsp3) is 0.167. The van der Waals surface area contributed by atoms with Crippen molar-refractivity contribution in [2.75, 3.05) is 5.32 Å². The van der Waals surface area contributed by atoms with Crippen molar-refractivity contribution >= 4 is 23.7 Å². The van der Waals surface area contributed by atoms with Crippen molar-refractivity contribution in [1.29, 1.82) is 0 Å². The van der Waals surface area contributed by atoms with Crippen LogP contribution in [0.3, 0.4) is 0 Å². The summed E-state index contributed by atoms with van der Waals surface area (Å²) in [5.74, 6) is -0.223. The zero-order chi connectivity index (χ0) is 17.4. The Labute approximate surface area is 146 Å². The number of halogens is 3. The van der Waals surface area contributed by atoms with Gasteiger partial charge in [-0.3, -0.25) is 4.99 Å². The lowest BCUT2D eigenvalue weighted by atomic mass is 10.0. The van der Waals surface area contributed by atoms with E-state index >= 15 is 0 Å². The number of aliphatic imine (C=N–C) groups is 1. The third-order valence-corrected chi connectivity index (χ3v) is 5.07.